The number of fused-ring (bicyclic) bond motifs is 1. The number of anilines is 2. The third-order valence-electron chi connectivity index (χ3n) is 3.59. The third-order valence-corrected chi connectivity index (χ3v) is 4.66. The normalized spacial score (nSPS) is 14.1. The molecule has 22 heavy (non-hydrogen) atoms. The Morgan fingerprint density at radius 3 is 2.14 bits per heavy atom. The number of hydrogen-bond acceptors (Lipinski definition) is 5. The zero-order chi connectivity index (χ0) is 16.1. The van der Waals surface area contributed by atoms with Crippen LogP contribution >= 0.6 is 11.9 Å². The number of carbonyl (C=O) groups is 2. The van der Waals surface area contributed by atoms with Crippen molar-refractivity contribution in [2.45, 2.75) is 32.2 Å². The minimum atomic E-state index is -0.459. The van der Waals surface area contributed by atoms with Crippen LogP contribution in [0, 0.1) is 0 Å². The van der Waals surface area contributed by atoms with Crippen LogP contribution in [0.5, 0.6) is 0 Å². The zero-order valence-corrected chi connectivity index (χ0v) is 13.7. The lowest BCUT2D eigenvalue weighted by Gasteiger charge is -2.30. The van der Waals surface area contributed by atoms with Gasteiger partial charge in [0.15, 0.2) is 5.50 Å². The van der Waals surface area contributed by atoms with E-state index in [4.69, 9.17) is 5.73 Å². The van der Waals surface area contributed by atoms with Crippen LogP contribution in [0.25, 0.3) is 0 Å². The Bertz CT molecular complexity index is 521. The molecule has 0 unspecified atom stereocenters. The minimum absolute atomic E-state index is 0.0185. The summed E-state index contributed by atoms with van der Waals surface area (Å²) in [6, 6.07) is 8.23. The molecule has 0 radical (unpaired) electrons. The second kappa shape index (κ2) is 7.40. The summed E-state index contributed by atoms with van der Waals surface area (Å²) >= 11 is 1.37. The highest BCUT2D eigenvalue weighted by Crippen LogP contribution is 2.41. The largest absolute Gasteiger partial charge is 0.370 e. The highest BCUT2D eigenvalue weighted by atomic mass is 32.2. The number of nitrogens with two attached hydrogens (primary N) is 1. The molecule has 0 atom stereocenters. The van der Waals surface area contributed by atoms with E-state index < -0.39 is 5.91 Å². The van der Waals surface area contributed by atoms with Crippen molar-refractivity contribution in [2.75, 3.05) is 22.9 Å². The lowest BCUT2D eigenvalue weighted by molar-refractivity contribution is -0.123. The van der Waals surface area contributed by atoms with Crippen molar-refractivity contribution in [1.82, 2.24) is 4.72 Å². The van der Waals surface area contributed by atoms with Gasteiger partial charge in [0.2, 0.25) is 11.8 Å². The summed E-state index contributed by atoms with van der Waals surface area (Å²) in [4.78, 5) is 27.0. The fraction of sp³-hybridized carbons (Fsp3) is 0.467. The van der Waals surface area contributed by atoms with Gasteiger partial charge in [-0.15, -0.1) is 0 Å². The van der Waals surface area contributed by atoms with Crippen molar-refractivity contribution < 1.29 is 9.59 Å². The molecule has 0 saturated carbocycles. The molecular weight excluding hydrogens is 300 g/mol. The molecule has 2 rings (SSSR count). The molecule has 6 nitrogen and oxygen atoms in total. The van der Waals surface area contributed by atoms with Crippen molar-refractivity contribution in [3.63, 3.8) is 0 Å². The number of primary amides is 1. The number of hydrogen-bond donors (Lipinski definition) is 2. The Hall–Kier alpha value is -1.89. The first-order chi connectivity index (χ1) is 10.6. The molecule has 1 heterocycles. The van der Waals surface area contributed by atoms with Gasteiger partial charge in [0.1, 0.15) is 0 Å². The van der Waals surface area contributed by atoms with Crippen LogP contribution in [0.15, 0.2) is 24.3 Å². The van der Waals surface area contributed by atoms with E-state index in [0.29, 0.717) is 0 Å². The first-order valence-electron chi connectivity index (χ1n) is 7.43. The zero-order valence-electron chi connectivity index (χ0n) is 12.9. The topological polar surface area (TPSA) is 78.7 Å². The van der Waals surface area contributed by atoms with Gasteiger partial charge in [0.25, 0.3) is 0 Å². The molecule has 120 valence electrons. The molecule has 0 bridgehead atoms. The fourth-order valence-corrected chi connectivity index (χ4v) is 3.66. The first kappa shape index (κ1) is 16.5. The summed E-state index contributed by atoms with van der Waals surface area (Å²) in [5.74, 6) is -0.634. The third kappa shape index (κ3) is 3.47. The average molecular weight is 322 g/mol. The summed E-state index contributed by atoms with van der Waals surface area (Å²) in [6.07, 6.45) is 0.201. The standard InChI is InChI=1S/C15H22N4O2S/c1-3-18-11-7-5-6-8-12(11)19(4-2)15(18)22-17-14(21)10-9-13(16)20/h5-8,15H,3-4,9-10H2,1-2H3,(H2,16,20)(H,17,21). The van der Waals surface area contributed by atoms with Crippen LogP contribution in [-0.4, -0.2) is 30.4 Å². The first-order valence-corrected chi connectivity index (χ1v) is 8.31. The van der Waals surface area contributed by atoms with Crippen LogP contribution in [-0.2, 0) is 9.59 Å². The molecule has 2 amide bonds. The second-order valence-electron chi connectivity index (χ2n) is 5.00. The molecule has 1 aromatic rings. The van der Waals surface area contributed by atoms with Gasteiger partial charge in [-0.25, -0.2) is 0 Å². The Morgan fingerprint density at radius 2 is 1.68 bits per heavy atom. The summed E-state index contributed by atoms with van der Waals surface area (Å²) in [6.45, 7) is 5.89. The molecule has 0 saturated heterocycles. The second-order valence-corrected chi connectivity index (χ2v) is 5.86. The van der Waals surface area contributed by atoms with Crippen molar-refractivity contribution >= 4 is 35.1 Å². The minimum Gasteiger partial charge on any atom is -0.370 e. The van der Waals surface area contributed by atoms with Crippen LogP contribution in [0.4, 0.5) is 11.4 Å². The van der Waals surface area contributed by atoms with Crippen LogP contribution in [0.2, 0.25) is 0 Å². The van der Waals surface area contributed by atoms with Gasteiger partial charge in [0, 0.05) is 25.9 Å². The van der Waals surface area contributed by atoms with E-state index in [1.807, 2.05) is 12.1 Å². The molecule has 0 aromatic heterocycles. The van der Waals surface area contributed by atoms with Gasteiger partial charge >= 0.3 is 0 Å². The van der Waals surface area contributed by atoms with E-state index in [1.54, 1.807) is 0 Å². The summed E-state index contributed by atoms with van der Waals surface area (Å²) < 4.78 is 2.83. The molecule has 7 heteroatoms. The van der Waals surface area contributed by atoms with E-state index in [9.17, 15) is 9.59 Å². The van der Waals surface area contributed by atoms with Crippen molar-refractivity contribution in [3.05, 3.63) is 24.3 Å². The van der Waals surface area contributed by atoms with Gasteiger partial charge in [0.05, 0.1) is 11.4 Å². The highest BCUT2D eigenvalue weighted by molar-refractivity contribution is 7.98. The smallest absolute Gasteiger partial charge is 0.230 e. The molecule has 1 aliphatic rings. The molecule has 0 fully saturated rings. The van der Waals surface area contributed by atoms with E-state index in [2.05, 4.69) is 40.5 Å². The Labute approximate surface area is 135 Å². The van der Waals surface area contributed by atoms with Gasteiger partial charge in [-0.1, -0.05) is 12.1 Å². The highest BCUT2D eigenvalue weighted by Gasteiger charge is 2.34. The maximum Gasteiger partial charge on any atom is 0.230 e. The summed E-state index contributed by atoms with van der Waals surface area (Å²) in [5, 5.41) is 0. The lowest BCUT2D eigenvalue weighted by atomic mass is 10.2. The van der Waals surface area contributed by atoms with Gasteiger partial charge in [-0.2, -0.15) is 0 Å². The summed E-state index contributed by atoms with van der Waals surface area (Å²) in [7, 11) is 0. The van der Waals surface area contributed by atoms with E-state index in [1.165, 1.54) is 23.3 Å². The Kier molecular flexibility index (Phi) is 5.54. The van der Waals surface area contributed by atoms with Crippen molar-refractivity contribution in [2.24, 2.45) is 5.73 Å². The van der Waals surface area contributed by atoms with Gasteiger partial charge in [-0.05, 0) is 37.9 Å². The Balaban J connectivity index is 2.04. The number of rotatable bonds is 7. The number of nitrogens with one attached hydrogen (secondary N) is 1. The number of carbonyl (C=O) groups excluding carboxylic acids is 2. The number of nitrogens with zero attached hydrogens (tertiary/aromatic N) is 2. The van der Waals surface area contributed by atoms with Crippen LogP contribution in [0.1, 0.15) is 26.7 Å². The van der Waals surface area contributed by atoms with E-state index >= 15 is 0 Å². The van der Waals surface area contributed by atoms with Gasteiger partial charge in [-0.3, -0.25) is 14.3 Å². The number of benzene rings is 1. The van der Waals surface area contributed by atoms with E-state index in [-0.39, 0.29) is 24.2 Å². The fourth-order valence-electron chi connectivity index (χ4n) is 2.54. The number of amides is 2. The predicted octanol–water partition coefficient (Wildman–Crippen LogP) is 1.67. The predicted molar refractivity (Wildman–Crippen MR) is 90.4 cm³/mol. The quantitative estimate of drug-likeness (QED) is 0.747. The maximum atomic E-state index is 11.8. The van der Waals surface area contributed by atoms with Crippen molar-refractivity contribution in [3.8, 4) is 0 Å². The van der Waals surface area contributed by atoms with Crippen LogP contribution < -0.4 is 20.3 Å². The SMILES string of the molecule is CCN1c2ccccc2N(CC)C1SNC(=O)CCC(N)=O. The van der Waals surface area contributed by atoms with E-state index in [0.717, 1.165) is 13.1 Å². The molecule has 1 aromatic carbocycles. The Morgan fingerprint density at radius 1 is 1.14 bits per heavy atom. The number of para-hydroxylation sites is 2. The van der Waals surface area contributed by atoms with Gasteiger partial charge < -0.3 is 15.5 Å². The molecule has 0 aliphatic carbocycles. The molecule has 0 spiro atoms. The van der Waals surface area contributed by atoms with Crippen LogP contribution in [0.3, 0.4) is 0 Å². The maximum absolute atomic E-state index is 11.8. The average Bonchev–Trinajstić information content (AvgIpc) is 2.83. The monoisotopic (exact) mass is 322 g/mol. The molecule has 1 aliphatic heterocycles. The molecule has 3 N–H and O–H groups in total. The van der Waals surface area contributed by atoms with Crippen molar-refractivity contribution in [1.29, 1.82) is 0 Å². The lowest BCUT2D eigenvalue weighted by Crippen LogP contribution is -2.43. The molecular formula is C15H22N4O2S. The summed E-state index contributed by atoms with van der Waals surface area (Å²) in [5.41, 5.74) is 7.43.